The Kier molecular flexibility index (Phi) is 6.29. The van der Waals surface area contributed by atoms with Crippen molar-refractivity contribution in [2.45, 2.75) is 46.5 Å². The Morgan fingerprint density at radius 2 is 2.00 bits per heavy atom. The Labute approximate surface area is 80.7 Å². The van der Waals surface area contributed by atoms with Gasteiger partial charge in [0.1, 0.15) is 0 Å². The average molecular weight is 184 g/mol. The molecule has 0 heterocycles. The van der Waals surface area contributed by atoms with Gasteiger partial charge in [-0.3, -0.25) is 4.79 Å². The summed E-state index contributed by atoms with van der Waals surface area (Å²) >= 11 is 0. The van der Waals surface area contributed by atoms with E-state index in [1.165, 1.54) is 0 Å². The Morgan fingerprint density at radius 1 is 1.38 bits per heavy atom. The summed E-state index contributed by atoms with van der Waals surface area (Å²) in [7, 11) is 0. The van der Waals surface area contributed by atoms with Crippen LogP contribution >= 0.6 is 0 Å². The fourth-order valence-corrected chi connectivity index (χ4v) is 1.27. The highest BCUT2D eigenvalue weighted by Crippen LogP contribution is 2.17. The van der Waals surface area contributed by atoms with E-state index >= 15 is 0 Å². The lowest BCUT2D eigenvalue weighted by Crippen LogP contribution is -2.12. The molecule has 0 aliphatic carbocycles. The first-order valence-electron chi connectivity index (χ1n) is 5.05. The van der Waals surface area contributed by atoms with Crippen LogP contribution < -0.4 is 0 Å². The molecule has 13 heavy (non-hydrogen) atoms. The third-order valence-electron chi connectivity index (χ3n) is 2.16. The van der Waals surface area contributed by atoms with E-state index in [1.807, 2.05) is 0 Å². The van der Waals surface area contributed by atoms with Crippen LogP contribution in [0.15, 0.2) is 11.6 Å². The van der Waals surface area contributed by atoms with E-state index < -0.39 is 5.97 Å². The molecule has 0 rings (SSSR count). The number of carbonyl (C=O) groups is 1. The van der Waals surface area contributed by atoms with Crippen molar-refractivity contribution < 1.29 is 9.90 Å². The number of carboxylic acid groups (broad SMARTS) is 1. The van der Waals surface area contributed by atoms with Crippen molar-refractivity contribution in [1.82, 2.24) is 0 Å². The number of hydrogen-bond acceptors (Lipinski definition) is 1. The van der Waals surface area contributed by atoms with E-state index in [-0.39, 0.29) is 5.92 Å². The number of unbranched alkanes of at least 4 members (excludes halogenated alkanes) is 1. The van der Waals surface area contributed by atoms with Crippen LogP contribution in [0.5, 0.6) is 0 Å². The highest BCUT2D eigenvalue weighted by Gasteiger charge is 2.14. The van der Waals surface area contributed by atoms with E-state index in [0.29, 0.717) is 0 Å². The molecule has 1 N–H and O–H groups in total. The van der Waals surface area contributed by atoms with Gasteiger partial charge in [0.2, 0.25) is 0 Å². The van der Waals surface area contributed by atoms with Crippen molar-refractivity contribution in [1.29, 1.82) is 0 Å². The summed E-state index contributed by atoms with van der Waals surface area (Å²) in [4.78, 5) is 10.7. The van der Waals surface area contributed by atoms with Gasteiger partial charge in [-0.05, 0) is 19.8 Å². The van der Waals surface area contributed by atoms with Crippen molar-refractivity contribution in [2.24, 2.45) is 5.92 Å². The van der Waals surface area contributed by atoms with Crippen molar-refractivity contribution in [3.05, 3.63) is 11.6 Å². The fourth-order valence-electron chi connectivity index (χ4n) is 1.27. The molecule has 0 amide bonds. The first-order chi connectivity index (χ1) is 6.13. The van der Waals surface area contributed by atoms with Gasteiger partial charge >= 0.3 is 5.97 Å². The molecular weight excluding hydrogens is 164 g/mol. The molecule has 0 aromatic rings. The molecular formula is C11H20O2. The molecule has 0 aromatic carbocycles. The Balaban J connectivity index is 4.30. The van der Waals surface area contributed by atoms with Gasteiger partial charge in [0, 0.05) is 0 Å². The second-order valence-corrected chi connectivity index (χ2v) is 3.38. The van der Waals surface area contributed by atoms with Crippen LogP contribution in [0.1, 0.15) is 46.5 Å². The van der Waals surface area contributed by atoms with Crippen LogP contribution in [-0.2, 0) is 4.79 Å². The molecule has 2 nitrogen and oxygen atoms in total. The molecule has 0 saturated carbocycles. The maximum absolute atomic E-state index is 10.7. The third-order valence-corrected chi connectivity index (χ3v) is 2.16. The van der Waals surface area contributed by atoms with Crippen LogP contribution in [0.2, 0.25) is 0 Å². The zero-order chi connectivity index (χ0) is 10.3. The van der Waals surface area contributed by atoms with Crippen LogP contribution in [0.4, 0.5) is 0 Å². The third kappa shape index (κ3) is 4.71. The number of hydrogen-bond donors (Lipinski definition) is 1. The average Bonchev–Trinajstić information content (AvgIpc) is 2.11. The summed E-state index contributed by atoms with van der Waals surface area (Å²) in [5, 5.41) is 8.84. The maximum Gasteiger partial charge on any atom is 0.310 e. The molecule has 0 aromatic heterocycles. The number of carboxylic acids is 1. The molecule has 76 valence electrons. The minimum absolute atomic E-state index is 0.313. The predicted octanol–water partition coefficient (Wildman–Crippen LogP) is 3.23. The van der Waals surface area contributed by atoms with Gasteiger partial charge < -0.3 is 5.11 Å². The van der Waals surface area contributed by atoms with Gasteiger partial charge in [-0.25, -0.2) is 0 Å². The molecule has 1 unspecified atom stereocenters. The second-order valence-electron chi connectivity index (χ2n) is 3.38. The number of aliphatic carboxylic acids is 1. The summed E-state index contributed by atoms with van der Waals surface area (Å²) in [6, 6.07) is 0. The van der Waals surface area contributed by atoms with E-state index in [9.17, 15) is 4.79 Å². The largest absolute Gasteiger partial charge is 0.481 e. The van der Waals surface area contributed by atoms with E-state index in [2.05, 4.69) is 19.9 Å². The summed E-state index contributed by atoms with van der Waals surface area (Å²) in [5.41, 5.74) is 1.08. The minimum Gasteiger partial charge on any atom is -0.481 e. The first-order valence-corrected chi connectivity index (χ1v) is 5.05. The van der Waals surface area contributed by atoms with E-state index in [4.69, 9.17) is 5.11 Å². The SMILES string of the molecule is CCCC=C(CCC)C(C)C(=O)O. The summed E-state index contributed by atoms with van der Waals surface area (Å²) in [6.07, 6.45) is 6.09. The molecule has 0 radical (unpaired) electrons. The van der Waals surface area contributed by atoms with Crippen molar-refractivity contribution >= 4 is 5.97 Å². The number of allylic oxidation sites excluding steroid dienone is 1. The molecule has 0 bridgehead atoms. The van der Waals surface area contributed by atoms with Gasteiger partial charge in [0.05, 0.1) is 5.92 Å². The first kappa shape index (κ1) is 12.2. The Bertz CT molecular complexity index is 183. The van der Waals surface area contributed by atoms with Crippen molar-refractivity contribution in [3.63, 3.8) is 0 Å². The Hall–Kier alpha value is -0.790. The predicted molar refractivity (Wildman–Crippen MR) is 54.7 cm³/mol. The zero-order valence-electron chi connectivity index (χ0n) is 8.84. The van der Waals surface area contributed by atoms with E-state index in [1.54, 1.807) is 6.92 Å². The summed E-state index contributed by atoms with van der Waals surface area (Å²) < 4.78 is 0. The molecule has 1 atom stereocenters. The van der Waals surface area contributed by atoms with Crippen molar-refractivity contribution in [3.8, 4) is 0 Å². The molecule has 0 spiro atoms. The van der Waals surface area contributed by atoms with Gasteiger partial charge in [0.25, 0.3) is 0 Å². The smallest absolute Gasteiger partial charge is 0.310 e. The van der Waals surface area contributed by atoms with Crippen LogP contribution in [0.25, 0.3) is 0 Å². The maximum atomic E-state index is 10.7. The van der Waals surface area contributed by atoms with E-state index in [0.717, 1.165) is 31.3 Å². The monoisotopic (exact) mass is 184 g/mol. The summed E-state index contributed by atoms with van der Waals surface area (Å²) in [5.74, 6) is -1.03. The lowest BCUT2D eigenvalue weighted by atomic mass is 9.96. The normalized spacial score (nSPS) is 14.2. The topological polar surface area (TPSA) is 37.3 Å². The van der Waals surface area contributed by atoms with Gasteiger partial charge in [-0.15, -0.1) is 0 Å². The zero-order valence-corrected chi connectivity index (χ0v) is 8.84. The molecule has 0 aliphatic heterocycles. The lowest BCUT2D eigenvalue weighted by Gasteiger charge is -2.10. The standard InChI is InChI=1S/C11H20O2/c1-4-6-8-10(7-5-2)9(3)11(12)13/h8-9H,4-7H2,1-3H3,(H,12,13). The Morgan fingerprint density at radius 3 is 2.38 bits per heavy atom. The molecule has 0 saturated heterocycles. The second kappa shape index (κ2) is 6.70. The summed E-state index contributed by atoms with van der Waals surface area (Å²) in [6.45, 7) is 5.94. The fraction of sp³-hybridized carbons (Fsp3) is 0.727. The van der Waals surface area contributed by atoms with Gasteiger partial charge in [-0.2, -0.15) is 0 Å². The van der Waals surface area contributed by atoms with Crippen LogP contribution in [-0.4, -0.2) is 11.1 Å². The lowest BCUT2D eigenvalue weighted by molar-refractivity contribution is -0.139. The highest BCUT2D eigenvalue weighted by atomic mass is 16.4. The van der Waals surface area contributed by atoms with Crippen molar-refractivity contribution in [2.75, 3.05) is 0 Å². The highest BCUT2D eigenvalue weighted by molar-refractivity contribution is 5.73. The molecule has 0 aliphatic rings. The minimum atomic E-state index is -0.712. The number of rotatable bonds is 6. The molecule has 2 heteroatoms. The quantitative estimate of drug-likeness (QED) is 0.643. The van der Waals surface area contributed by atoms with Gasteiger partial charge in [-0.1, -0.05) is 38.3 Å². The molecule has 0 fully saturated rings. The van der Waals surface area contributed by atoms with Crippen LogP contribution in [0, 0.1) is 5.92 Å². The van der Waals surface area contributed by atoms with Crippen LogP contribution in [0.3, 0.4) is 0 Å². The van der Waals surface area contributed by atoms with Gasteiger partial charge in [0.15, 0.2) is 0 Å².